The van der Waals surface area contributed by atoms with Crippen LogP contribution < -0.4 is 25.0 Å². The summed E-state index contributed by atoms with van der Waals surface area (Å²) in [7, 11) is 1.52. The zero-order valence-electron chi connectivity index (χ0n) is 18.7. The molecule has 1 saturated heterocycles. The Bertz CT molecular complexity index is 1310. The molecule has 176 valence electrons. The molecule has 3 amide bonds. The normalized spacial score (nSPS) is 14.5. The van der Waals surface area contributed by atoms with Crippen molar-refractivity contribution in [3.8, 4) is 11.5 Å². The number of benzene rings is 3. The van der Waals surface area contributed by atoms with Gasteiger partial charge in [-0.25, -0.2) is 0 Å². The minimum atomic E-state index is -0.569. The van der Waals surface area contributed by atoms with Gasteiger partial charge in [-0.2, -0.15) is 0 Å². The van der Waals surface area contributed by atoms with E-state index in [1.54, 1.807) is 72.8 Å². The Morgan fingerprint density at radius 1 is 1.00 bits per heavy atom. The topological polar surface area (TPSA) is 97.0 Å². The first-order valence-corrected chi connectivity index (χ1v) is 11.0. The second kappa shape index (κ2) is 10.6. The van der Waals surface area contributed by atoms with E-state index < -0.39 is 11.8 Å². The molecule has 0 aromatic heterocycles. The Morgan fingerprint density at radius 3 is 2.40 bits per heavy atom. The van der Waals surface area contributed by atoms with Gasteiger partial charge in [-0.1, -0.05) is 42.5 Å². The molecule has 0 unspecified atom stereocenters. The summed E-state index contributed by atoms with van der Waals surface area (Å²) in [5.41, 5.74) is 1.66. The van der Waals surface area contributed by atoms with E-state index in [2.05, 4.69) is 10.6 Å². The number of hydrogen-bond donors (Lipinski definition) is 2. The van der Waals surface area contributed by atoms with Crippen LogP contribution >= 0.6 is 12.2 Å². The average molecular weight is 488 g/mol. The van der Waals surface area contributed by atoms with Gasteiger partial charge in [0.2, 0.25) is 0 Å². The first kappa shape index (κ1) is 23.7. The van der Waals surface area contributed by atoms with Gasteiger partial charge in [-0.05, 0) is 60.3 Å². The molecule has 0 aliphatic carbocycles. The molecule has 0 bridgehead atoms. The standard InChI is InChI=1S/C26H21N3O5S/c1-33-22-10-6-5-9-21(22)27-23(30)16-34-19-13-11-17(12-14-19)15-20-24(31)28-26(35)29(25(20)32)18-7-3-2-4-8-18/h2-15H,16H2,1H3,(H,27,30)(H,28,31,35)/b20-15-. The third-order valence-corrected chi connectivity index (χ3v) is 5.34. The van der Waals surface area contributed by atoms with E-state index in [9.17, 15) is 14.4 Å². The predicted molar refractivity (Wildman–Crippen MR) is 136 cm³/mol. The average Bonchev–Trinajstić information content (AvgIpc) is 2.87. The Balaban J connectivity index is 1.42. The Morgan fingerprint density at radius 2 is 1.69 bits per heavy atom. The van der Waals surface area contributed by atoms with Crippen molar-refractivity contribution < 1.29 is 23.9 Å². The van der Waals surface area contributed by atoms with Crippen LogP contribution in [0.4, 0.5) is 11.4 Å². The van der Waals surface area contributed by atoms with Crippen LogP contribution in [0.2, 0.25) is 0 Å². The van der Waals surface area contributed by atoms with Crippen LogP contribution in [-0.2, 0) is 14.4 Å². The third-order valence-electron chi connectivity index (χ3n) is 5.06. The number of methoxy groups -OCH3 is 1. The lowest BCUT2D eigenvalue weighted by molar-refractivity contribution is -0.122. The van der Waals surface area contributed by atoms with Gasteiger partial charge in [-0.15, -0.1) is 0 Å². The molecule has 1 heterocycles. The molecule has 0 saturated carbocycles. The summed E-state index contributed by atoms with van der Waals surface area (Å²) in [6, 6.07) is 22.6. The number of rotatable bonds is 7. The molecule has 4 rings (SSSR count). The quantitative estimate of drug-likeness (QED) is 0.301. The van der Waals surface area contributed by atoms with Crippen LogP contribution in [0.3, 0.4) is 0 Å². The minimum Gasteiger partial charge on any atom is -0.495 e. The van der Waals surface area contributed by atoms with Crippen molar-refractivity contribution in [2.45, 2.75) is 0 Å². The van der Waals surface area contributed by atoms with Crippen LogP contribution in [0, 0.1) is 0 Å². The van der Waals surface area contributed by atoms with E-state index in [0.717, 1.165) is 0 Å². The number of hydrogen-bond acceptors (Lipinski definition) is 6. The second-order valence-electron chi connectivity index (χ2n) is 7.40. The lowest BCUT2D eigenvalue weighted by Crippen LogP contribution is -2.54. The number of ether oxygens (including phenoxy) is 2. The van der Waals surface area contributed by atoms with Gasteiger partial charge in [0, 0.05) is 0 Å². The van der Waals surface area contributed by atoms with E-state index in [-0.39, 0.29) is 23.2 Å². The fourth-order valence-electron chi connectivity index (χ4n) is 3.38. The summed E-state index contributed by atoms with van der Waals surface area (Å²) < 4.78 is 10.8. The van der Waals surface area contributed by atoms with Gasteiger partial charge < -0.3 is 14.8 Å². The highest BCUT2D eigenvalue weighted by Crippen LogP contribution is 2.24. The maximum absolute atomic E-state index is 13.0. The molecule has 35 heavy (non-hydrogen) atoms. The van der Waals surface area contributed by atoms with Gasteiger partial charge in [-0.3, -0.25) is 24.6 Å². The Kier molecular flexibility index (Phi) is 7.18. The summed E-state index contributed by atoms with van der Waals surface area (Å²) in [4.78, 5) is 39.0. The van der Waals surface area contributed by atoms with Gasteiger partial charge in [0.05, 0.1) is 18.5 Å². The molecule has 1 fully saturated rings. The van der Waals surface area contributed by atoms with Crippen molar-refractivity contribution in [3.63, 3.8) is 0 Å². The first-order valence-electron chi connectivity index (χ1n) is 10.6. The van der Waals surface area contributed by atoms with Crippen molar-refractivity contribution in [2.24, 2.45) is 0 Å². The summed E-state index contributed by atoms with van der Waals surface area (Å²) in [5, 5.41) is 5.31. The van der Waals surface area contributed by atoms with Crippen LogP contribution in [0.1, 0.15) is 5.56 Å². The Labute approximate surface area is 207 Å². The largest absolute Gasteiger partial charge is 0.495 e. The lowest BCUT2D eigenvalue weighted by atomic mass is 10.1. The molecule has 3 aromatic rings. The number of carbonyl (C=O) groups is 3. The highest BCUT2D eigenvalue weighted by atomic mass is 32.1. The number of carbonyl (C=O) groups excluding carboxylic acids is 3. The van der Waals surface area contributed by atoms with Crippen molar-refractivity contribution in [2.75, 3.05) is 23.9 Å². The van der Waals surface area contributed by atoms with Crippen LogP contribution in [0.5, 0.6) is 11.5 Å². The van der Waals surface area contributed by atoms with Crippen molar-refractivity contribution in [1.29, 1.82) is 0 Å². The summed E-state index contributed by atoms with van der Waals surface area (Å²) >= 11 is 5.19. The molecular weight excluding hydrogens is 466 g/mol. The number of para-hydroxylation sites is 3. The van der Waals surface area contributed by atoms with Gasteiger partial charge in [0.1, 0.15) is 17.1 Å². The molecular formula is C26H21N3O5S. The van der Waals surface area contributed by atoms with Gasteiger partial charge in [0.25, 0.3) is 17.7 Å². The summed E-state index contributed by atoms with van der Waals surface area (Å²) in [6.07, 6.45) is 1.48. The molecule has 0 atom stereocenters. The third kappa shape index (κ3) is 5.53. The molecule has 1 aliphatic rings. The maximum Gasteiger partial charge on any atom is 0.270 e. The van der Waals surface area contributed by atoms with E-state index >= 15 is 0 Å². The molecule has 2 N–H and O–H groups in total. The fourth-order valence-corrected chi connectivity index (χ4v) is 3.66. The monoisotopic (exact) mass is 487 g/mol. The Hall–Kier alpha value is -4.50. The van der Waals surface area contributed by atoms with E-state index in [0.29, 0.717) is 28.4 Å². The summed E-state index contributed by atoms with van der Waals surface area (Å²) in [5.74, 6) is -0.430. The van der Waals surface area contributed by atoms with Crippen molar-refractivity contribution in [1.82, 2.24) is 5.32 Å². The number of nitrogens with one attached hydrogen (secondary N) is 2. The number of amides is 3. The number of anilines is 2. The molecule has 0 spiro atoms. The highest BCUT2D eigenvalue weighted by molar-refractivity contribution is 7.80. The second-order valence-corrected chi connectivity index (χ2v) is 7.79. The molecule has 3 aromatic carbocycles. The summed E-state index contributed by atoms with van der Waals surface area (Å²) in [6.45, 7) is -0.205. The maximum atomic E-state index is 13.0. The van der Waals surface area contributed by atoms with Crippen molar-refractivity contribution >= 4 is 52.5 Å². The number of nitrogens with zero attached hydrogens (tertiary/aromatic N) is 1. The zero-order chi connectivity index (χ0) is 24.8. The predicted octanol–water partition coefficient (Wildman–Crippen LogP) is 3.54. The van der Waals surface area contributed by atoms with Crippen LogP contribution in [0.15, 0.2) is 84.4 Å². The van der Waals surface area contributed by atoms with E-state index in [1.165, 1.54) is 18.1 Å². The lowest BCUT2D eigenvalue weighted by Gasteiger charge is -2.28. The van der Waals surface area contributed by atoms with Crippen molar-refractivity contribution in [3.05, 3.63) is 90.0 Å². The zero-order valence-corrected chi connectivity index (χ0v) is 19.5. The first-order chi connectivity index (χ1) is 17.0. The van der Waals surface area contributed by atoms with Gasteiger partial charge >= 0.3 is 0 Å². The SMILES string of the molecule is COc1ccccc1NC(=O)COc1ccc(/C=C2/C(=O)NC(=S)N(c3ccccc3)C2=O)cc1. The fraction of sp³-hybridized carbons (Fsp3) is 0.0769. The van der Waals surface area contributed by atoms with Crippen LogP contribution in [0.25, 0.3) is 6.08 Å². The molecule has 9 heteroatoms. The minimum absolute atomic E-state index is 0.0264. The highest BCUT2D eigenvalue weighted by Gasteiger charge is 2.34. The molecule has 0 radical (unpaired) electrons. The van der Waals surface area contributed by atoms with Gasteiger partial charge in [0.15, 0.2) is 11.7 Å². The van der Waals surface area contributed by atoms with Crippen LogP contribution in [-0.4, -0.2) is 36.6 Å². The number of thiocarbonyl (C=S) groups is 1. The van der Waals surface area contributed by atoms with E-state index in [1.807, 2.05) is 6.07 Å². The molecule has 1 aliphatic heterocycles. The van der Waals surface area contributed by atoms with E-state index in [4.69, 9.17) is 21.7 Å². The molecule has 8 nitrogen and oxygen atoms in total. The smallest absolute Gasteiger partial charge is 0.270 e.